The molecule has 1 rings (SSSR count). The summed E-state index contributed by atoms with van der Waals surface area (Å²) in [6.45, 7) is 5.28. The second kappa shape index (κ2) is 6.58. The molecule has 0 aliphatic rings. The van der Waals surface area contributed by atoms with Gasteiger partial charge in [0.25, 0.3) is 5.69 Å². The average Bonchev–Trinajstić information content (AvgIpc) is 2.38. The molecule has 0 heterocycles. The summed E-state index contributed by atoms with van der Waals surface area (Å²) in [6, 6.07) is 6.11. The van der Waals surface area contributed by atoms with E-state index in [9.17, 15) is 14.9 Å². The van der Waals surface area contributed by atoms with E-state index in [0.717, 1.165) is 0 Å². The predicted molar refractivity (Wildman–Crippen MR) is 69.5 cm³/mol. The standard InChI is InChI=1S/C12H17N3O3/c1-3-14(4-2)12(16)9-13-10-6-5-7-11(8-10)15(17)18/h5-8,13H,3-4,9H2,1-2H3. The molecule has 0 unspecified atom stereocenters. The largest absolute Gasteiger partial charge is 0.376 e. The topological polar surface area (TPSA) is 75.5 Å². The lowest BCUT2D eigenvalue weighted by atomic mass is 10.3. The van der Waals surface area contributed by atoms with Crippen molar-refractivity contribution in [3.8, 4) is 0 Å². The number of nitro benzene ring substituents is 1. The number of nitrogens with zero attached hydrogens (tertiary/aromatic N) is 2. The normalized spacial score (nSPS) is 9.89. The molecule has 0 aliphatic heterocycles. The highest BCUT2D eigenvalue weighted by atomic mass is 16.6. The zero-order valence-electron chi connectivity index (χ0n) is 10.5. The van der Waals surface area contributed by atoms with Crippen LogP contribution in [0.25, 0.3) is 0 Å². The number of hydrogen-bond acceptors (Lipinski definition) is 4. The Labute approximate surface area is 106 Å². The van der Waals surface area contributed by atoms with Crippen LogP contribution in [0.2, 0.25) is 0 Å². The molecule has 0 aliphatic carbocycles. The van der Waals surface area contributed by atoms with Crippen LogP contribution < -0.4 is 5.32 Å². The van der Waals surface area contributed by atoms with Gasteiger partial charge in [-0.1, -0.05) is 6.07 Å². The van der Waals surface area contributed by atoms with Gasteiger partial charge in [-0.2, -0.15) is 0 Å². The van der Waals surface area contributed by atoms with Gasteiger partial charge in [0.05, 0.1) is 11.5 Å². The zero-order chi connectivity index (χ0) is 13.5. The molecule has 0 atom stereocenters. The Kier molecular flexibility index (Phi) is 5.10. The van der Waals surface area contributed by atoms with Gasteiger partial charge in [-0.3, -0.25) is 14.9 Å². The minimum atomic E-state index is -0.461. The lowest BCUT2D eigenvalue weighted by Gasteiger charge is -2.19. The Morgan fingerprint density at radius 3 is 2.61 bits per heavy atom. The summed E-state index contributed by atoms with van der Waals surface area (Å²) in [4.78, 5) is 23.6. The van der Waals surface area contributed by atoms with Crippen LogP contribution in [-0.2, 0) is 4.79 Å². The SMILES string of the molecule is CCN(CC)C(=O)CNc1cccc([N+](=O)[O-])c1. The first-order chi connectivity index (χ1) is 8.58. The summed E-state index contributed by atoms with van der Waals surface area (Å²) in [6.07, 6.45) is 0. The Bertz CT molecular complexity index is 430. The number of nitrogens with one attached hydrogen (secondary N) is 1. The van der Waals surface area contributed by atoms with Crippen molar-refractivity contribution in [3.05, 3.63) is 34.4 Å². The van der Waals surface area contributed by atoms with Crippen LogP contribution >= 0.6 is 0 Å². The molecular formula is C12H17N3O3. The van der Waals surface area contributed by atoms with Gasteiger partial charge in [0.15, 0.2) is 0 Å². The smallest absolute Gasteiger partial charge is 0.271 e. The van der Waals surface area contributed by atoms with E-state index in [1.54, 1.807) is 17.0 Å². The fourth-order valence-electron chi connectivity index (χ4n) is 1.60. The third-order valence-electron chi connectivity index (χ3n) is 2.62. The number of carbonyl (C=O) groups is 1. The maximum atomic E-state index is 11.7. The number of amides is 1. The van der Waals surface area contributed by atoms with E-state index < -0.39 is 4.92 Å². The van der Waals surface area contributed by atoms with Crippen LogP contribution in [-0.4, -0.2) is 35.4 Å². The Hall–Kier alpha value is -2.11. The van der Waals surface area contributed by atoms with Gasteiger partial charge < -0.3 is 10.2 Å². The van der Waals surface area contributed by atoms with Gasteiger partial charge >= 0.3 is 0 Å². The van der Waals surface area contributed by atoms with Crippen LogP contribution in [0.1, 0.15) is 13.8 Å². The first-order valence-electron chi connectivity index (χ1n) is 5.84. The fourth-order valence-corrected chi connectivity index (χ4v) is 1.60. The van der Waals surface area contributed by atoms with Crippen molar-refractivity contribution in [3.63, 3.8) is 0 Å². The molecule has 18 heavy (non-hydrogen) atoms. The molecule has 6 heteroatoms. The van der Waals surface area contributed by atoms with Gasteiger partial charge in [-0.25, -0.2) is 0 Å². The van der Waals surface area contributed by atoms with Gasteiger partial charge in [0.1, 0.15) is 0 Å². The van der Waals surface area contributed by atoms with E-state index in [4.69, 9.17) is 0 Å². The van der Waals surface area contributed by atoms with Gasteiger partial charge in [-0.05, 0) is 19.9 Å². The predicted octanol–water partition coefficient (Wildman–Crippen LogP) is 1.88. The monoisotopic (exact) mass is 251 g/mol. The summed E-state index contributed by atoms with van der Waals surface area (Å²) in [7, 11) is 0. The van der Waals surface area contributed by atoms with Crippen molar-refractivity contribution >= 4 is 17.3 Å². The van der Waals surface area contributed by atoms with E-state index in [2.05, 4.69) is 5.32 Å². The molecule has 1 aromatic rings. The van der Waals surface area contributed by atoms with E-state index in [1.807, 2.05) is 13.8 Å². The van der Waals surface area contributed by atoms with Crippen molar-refractivity contribution < 1.29 is 9.72 Å². The Morgan fingerprint density at radius 2 is 2.06 bits per heavy atom. The molecule has 0 saturated carbocycles. The highest BCUT2D eigenvalue weighted by Crippen LogP contribution is 2.16. The average molecular weight is 251 g/mol. The van der Waals surface area contributed by atoms with E-state index in [1.165, 1.54) is 12.1 Å². The highest BCUT2D eigenvalue weighted by Gasteiger charge is 2.10. The molecule has 0 radical (unpaired) electrons. The molecule has 1 aromatic carbocycles. The number of non-ortho nitro benzene ring substituents is 1. The molecule has 0 bridgehead atoms. The lowest BCUT2D eigenvalue weighted by molar-refractivity contribution is -0.384. The number of nitro groups is 1. The third kappa shape index (κ3) is 3.73. The Balaban J connectivity index is 2.61. The minimum absolute atomic E-state index is 0.00953. The molecule has 0 aromatic heterocycles. The second-order valence-corrected chi connectivity index (χ2v) is 3.73. The zero-order valence-corrected chi connectivity index (χ0v) is 10.5. The van der Waals surface area contributed by atoms with Crippen LogP contribution in [0.4, 0.5) is 11.4 Å². The van der Waals surface area contributed by atoms with Gasteiger partial charge in [0, 0.05) is 30.9 Å². The summed E-state index contributed by atoms with van der Waals surface area (Å²) in [5.74, 6) is -0.0218. The molecule has 6 nitrogen and oxygen atoms in total. The first-order valence-corrected chi connectivity index (χ1v) is 5.84. The summed E-state index contributed by atoms with van der Waals surface area (Å²) >= 11 is 0. The highest BCUT2D eigenvalue weighted by molar-refractivity contribution is 5.80. The van der Waals surface area contributed by atoms with Crippen LogP contribution in [0.5, 0.6) is 0 Å². The summed E-state index contributed by atoms with van der Waals surface area (Å²) < 4.78 is 0. The van der Waals surface area contributed by atoms with E-state index in [-0.39, 0.29) is 18.1 Å². The fraction of sp³-hybridized carbons (Fsp3) is 0.417. The van der Waals surface area contributed by atoms with Crippen molar-refractivity contribution in [1.82, 2.24) is 4.90 Å². The van der Waals surface area contributed by atoms with Crippen molar-refractivity contribution in [1.29, 1.82) is 0 Å². The quantitative estimate of drug-likeness (QED) is 0.618. The molecular weight excluding hydrogens is 234 g/mol. The van der Waals surface area contributed by atoms with Gasteiger partial charge in [-0.15, -0.1) is 0 Å². The second-order valence-electron chi connectivity index (χ2n) is 3.73. The first kappa shape index (κ1) is 14.0. The molecule has 98 valence electrons. The summed E-state index contributed by atoms with van der Waals surface area (Å²) in [5, 5.41) is 13.5. The van der Waals surface area contributed by atoms with E-state index >= 15 is 0 Å². The summed E-state index contributed by atoms with van der Waals surface area (Å²) in [5.41, 5.74) is 0.583. The van der Waals surface area contributed by atoms with Gasteiger partial charge in [0.2, 0.25) is 5.91 Å². The number of benzene rings is 1. The van der Waals surface area contributed by atoms with E-state index in [0.29, 0.717) is 18.8 Å². The number of anilines is 1. The van der Waals surface area contributed by atoms with Crippen molar-refractivity contribution in [2.24, 2.45) is 0 Å². The van der Waals surface area contributed by atoms with Crippen molar-refractivity contribution in [2.45, 2.75) is 13.8 Å². The van der Waals surface area contributed by atoms with Crippen LogP contribution in [0, 0.1) is 10.1 Å². The third-order valence-corrected chi connectivity index (χ3v) is 2.62. The minimum Gasteiger partial charge on any atom is -0.376 e. The number of hydrogen-bond donors (Lipinski definition) is 1. The molecule has 0 saturated heterocycles. The molecule has 1 amide bonds. The van der Waals surface area contributed by atoms with Crippen LogP contribution in [0.15, 0.2) is 24.3 Å². The maximum Gasteiger partial charge on any atom is 0.271 e. The molecule has 0 fully saturated rings. The van der Waals surface area contributed by atoms with Crippen LogP contribution in [0.3, 0.4) is 0 Å². The molecule has 0 spiro atoms. The number of likely N-dealkylation sites (N-methyl/N-ethyl adjacent to an activating group) is 1. The number of rotatable bonds is 6. The van der Waals surface area contributed by atoms with Crippen molar-refractivity contribution in [2.75, 3.05) is 25.0 Å². The number of carbonyl (C=O) groups excluding carboxylic acids is 1. The maximum absolute atomic E-state index is 11.7. The Morgan fingerprint density at radius 1 is 1.39 bits per heavy atom. The molecule has 1 N–H and O–H groups in total. The lowest BCUT2D eigenvalue weighted by Crippen LogP contribution is -2.35.